The van der Waals surface area contributed by atoms with Crippen molar-refractivity contribution in [2.75, 3.05) is 16.5 Å². The third-order valence-corrected chi connectivity index (χ3v) is 10.9. The van der Waals surface area contributed by atoms with Gasteiger partial charge in [-0.1, -0.05) is 116 Å². The van der Waals surface area contributed by atoms with E-state index in [1.807, 2.05) is 6.20 Å². The van der Waals surface area contributed by atoms with Crippen LogP contribution in [0.25, 0.3) is 27.6 Å². The van der Waals surface area contributed by atoms with Crippen LogP contribution in [-0.4, -0.2) is 16.2 Å². The molecule has 0 fully saturated rings. The number of anilines is 2. The number of hydrogen-bond acceptors (Lipinski definition) is 4. The van der Waals surface area contributed by atoms with Gasteiger partial charge in [0.2, 0.25) is 0 Å². The average molecular weight is 711 g/mol. The summed E-state index contributed by atoms with van der Waals surface area (Å²) in [5, 5.41) is 2.35. The SMILES string of the molecule is CC(C)(C)c1cccc(N2C=CN(c3cc(Oc4ccc5c6ccccc6n(-c6cc(C(C)(C)C)ccn6)c5c4)cc(C(C)(C)c4ccccc4)c3)C2)c1. The number of hydrogen-bond donors (Lipinski definition) is 0. The maximum absolute atomic E-state index is 6.89. The molecule has 0 radical (unpaired) electrons. The lowest BCUT2D eigenvalue weighted by Gasteiger charge is -2.29. The number of para-hydroxylation sites is 1. The van der Waals surface area contributed by atoms with Crippen molar-refractivity contribution >= 4 is 33.2 Å². The zero-order valence-electron chi connectivity index (χ0n) is 32.8. The molecule has 0 aliphatic carbocycles. The average Bonchev–Trinajstić information content (AvgIpc) is 3.78. The Labute approximate surface area is 320 Å². The smallest absolute Gasteiger partial charge is 0.137 e. The van der Waals surface area contributed by atoms with Crippen LogP contribution in [0.2, 0.25) is 0 Å². The molecule has 0 N–H and O–H groups in total. The molecular weight excluding hydrogens is 661 g/mol. The van der Waals surface area contributed by atoms with Gasteiger partial charge in [-0.05, 0) is 87.7 Å². The number of benzene rings is 5. The van der Waals surface area contributed by atoms with E-state index in [9.17, 15) is 0 Å². The monoisotopic (exact) mass is 710 g/mol. The second-order valence-corrected chi connectivity index (χ2v) is 17.2. The summed E-state index contributed by atoms with van der Waals surface area (Å²) in [6.45, 7) is 18.8. The third kappa shape index (κ3) is 6.64. The molecule has 5 nitrogen and oxygen atoms in total. The predicted molar refractivity (Wildman–Crippen MR) is 226 cm³/mol. The van der Waals surface area contributed by atoms with E-state index in [2.05, 4.69) is 210 Å². The summed E-state index contributed by atoms with van der Waals surface area (Å²) in [6, 6.07) is 45.6. The van der Waals surface area contributed by atoms with Crippen molar-refractivity contribution in [2.24, 2.45) is 0 Å². The van der Waals surface area contributed by atoms with E-state index in [1.54, 1.807) is 0 Å². The molecular formula is C49H50N4O. The first-order valence-electron chi connectivity index (χ1n) is 19.0. The molecule has 5 aromatic carbocycles. The van der Waals surface area contributed by atoms with Gasteiger partial charge in [0.25, 0.3) is 0 Å². The Morgan fingerprint density at radius 3 is 1.91 bits per heavy atom. The number of ether oxygens (including phenoxy) is 1. The molecule has 0 saturated heterocycles. The number of fused-ring (bicyclic) bond motifs is 3. The molecule has 5 heteroatoms. The van der Waals surface area contributed by atoms with E-state index >= 15 is 0 Å². The van der Waals surface area contributed by atoms with Gasteiger partial charge in [0.05, 0.1) is 17.7 Å². The second kappa shape index (κ2) is 13.2. The fourth-order valence-corrected chi connectivity index (χ4v) is 7.50. The molecule has 7 aromatic rings. The summed E-state index contributed by atoms with van der Waals surface area (Å²) in [6.07, 6.45) is 6.27. The lowest BCUT2D eigenvalue weighted by atomic mass is 9.78. The summed E-state index contributed by atoms with van der Waals surface area (Å²) >= 11 is 0. The Morgan fingerprint density at radius 1 is 0.500 bits per heavy atom. The van der Waals surface area contributed by atoms with Crippen molar-refractivity contribution in [3.63, 3.8) is 0 Å². The topological polar surface area (TPSA) is 33.5 Å². The molecule has 0 spiro atoms. The predicted octanol–water partition coefficient (Wildman–Crippen LogP) is 12.6. The van der Waals surface area contributed by atoms with Crippen LogP contribution in [0, 0.1) is 0 Å². The maximum atomic E-state index is 6.89. The molecule has 3 heterocycles. The van der Waals surface area contributed by atoms with Crippen LogP contribution < -0.4 is 14.5 Å². The summed E-state index contributed by atoms with van der Waals surface area (Å²) in [7, 11) is 0. The van der Waals surface area contributed by atoms with Gasteiger partial charge >= 0.3 is 0 Å². The molecule has 8 rings (SSSR count). The van der Waals surface area contributed by atoms with E-state index in [4.69, 9.17) is 9.72 Å². The first-order valence-corrected chi connectivity index (χ1v) is 19.0. The first-order chi connectivity index (χ1) is 25.8. The number of aromatic nitrogens is 2. The molecule has 0 bridgehead atoms. The van der Waals surface area contributed by atoms with Crippen molar-refractivity contribution in [1.82, 2.24) is 9.55 Å². The Bertz CT molecular complexity index is 2510. The second-order valence-electron chi connectivity index (χ2n) is 17.2. The Hall–Kier alpha value is -5.81. The minimum Gasteiger partial charge on any atom is -0.457 e. The van der Waals surface area contributed by atoms with Crippen molar-refractivity contribution in [3.05, 3.63) is 168 Å². The zero-order chi connectivity index (χ0) is 37.8. The van der Waals surface area contributed by atoms with Gasteiger partial charge in [-0.3, -0.25) is 4.57 Å². The summed E-state index contributed by atoms with van der Waals surface area (Å²) < 4.78 is 9.16. The van der Waals surface area contributed by atoms with Crippen LogP contribution in [-0.2, 0) is 16.2 Å². The highest BCUT2D eigenvalue weighted by Crippen LogP contribution is 2.40. The van der Waals surface area contributed by atoms with Crippen LogP contribution in [0.1, 0.15) is 77.6 Å². The Kier molecular flexibility index (Phi) is 8.64. The Morgan fingerprint density at radius 2 is 1.15 bits per heavy atom. The molecule has 272 valence electrons. The van der Waals surface area contributed by atoms with E-state index in [0.29, 0.717) is 6.67 Å². The van der Waals surface area contributed by atoms with Crippen LogP contribution in [0.4, 0.5) is 11.4 Å². The van der Waals surface area contributed by atoms with Gasteiger partial charge in [0.1, 0.15) is 17.3 Å². The van der Waals surface area contributed by atoms with E-state index < -0.39 is 0 Å². The normalized spacial score (nSPS) is 13.7. The summed E-state index contributed by atoms with van der Waals surface area (Å²) in [5.74, 6) is 2.47. The van der Waals surface area contributed by atoms with Crippen LogP contribution >= 0.6 is 0 Å². The maximum Gasteiger partial charge on any atom is 0.137 e. The first kappa shape index (κ1) is 35.2. The minimum atomic E-state index is -0.264. The quantitative estimate of drug-likeness (QED) is 0.165. The van der Waals surface area contributed by atoms with Gasteiger partial charge in [-0.2, -0.15) is 0 Å². The van der Waals surface area contributed by atoms with Gasteiger partial charge < -0.3 is 14.5 Å². The van der Waals surface area contributed by atoms with E-state index in [1.165, 1.54) is 38.7 Å². The molecule has 0 atom stereocenters. The van der Waals surface area contributed by atoms with E-state index in [-0.39, 0.29) is 16.2 Å². The van der Waals surface area contributed by atoms with Crippen LogP contribution in [0.3, 0.4) is 0 Å². The molecule has 2 aromatic heterocycles. The fraction of sp³-hybridized carbons (Fsp3) is 0.245. The molecule has 0 unspecified atom stereocenters. The lowest BCUT2D eigenvalue weighted by Crippen LogP contribution is -2.26. The van der Waals surface area contributed by atoms with Crippen LogP contribution in [0.15, 0.2) is 146 Å². The van der Waals surface area contributed by atoms with Gasteiger partial charge in [0.15, 0.2) is 0 Å². The van der Waals surface area contributed by atoms with Crippen molar-refractivity contribution in [1.29, 1.82) is 0 Å². The van der Waals surface area contributed by atoms with E-state index in [0.717, 1.165) is 34.0 Å². The van der Waals surface area contributed by atoms with Crippen molar-refractivity contribution in [2.45, 2.75) is 71.6 Å². The van der Waals surface area contributed by atoms with Gasteiger partial charge in [0, 0.05) is 58.3 Å². The standard InChI is InChI=1S/C49H50N4O/c1-47(2,3)35-17-14-18-38(27-35)51-25-26-52(33-51)39-28-37(49(7,8)34-15-10-9-11-16-34)29-41(31-39)54-40-21-22-43-42-19-12-13-20-44(42)53(45(43)32-40)46-30-36(23-24-50-46)48(4,5)6/h9-32H,33H2,1-8H3. The highest BCUT2D eigenvalue weighted by atomic mass is 16.5. The molecule has 1 aliphatic heterocycles. The summed E-state index contributed by atoms with van der Waals surface area (Å²) in [4.78, 5) is 9.49. The number of nitrogens with zero attached hydrogens (tertiary/aromatic N) is 4. The third-order valence-electron chi connectivity index (χ3n) is 10.9. The minimum absolute atomic E-state index is 0.000996. The van der Waals surface area contributed by atoms with Gasteiger partial charge in [-0.15, -0.1) is 0 Å². The molecule has 54 heavy (non-hydrogen) atoms. The lowest BCUT2D eigenvalue weighted by molar-refractivity contribution is 0.480. The van der Waals surface area contributed by atoms with Crippen molar-refractivity contribution in [3.8, 4) is 17.3 Å². The number of pyridine rings is 1. The molecule has 0 saturated carbocycles. The van der Waals surface area contributed by atoms with Crippen molar-refractivity contribution < 1.29 is 4.74 Å². The Balaban J connectivity index is 1.20. The zero-order valence-corrected chi connectivity index (χ0v) is 32.8. The molecule has 1 aliphatic rings. The highest BCUT2D eigenvalue weighted by molar-refractivity contribution is 6.09. The number of rotatable bonds is 7. The van der Waals surface area contributed by atoms with Crippen LogP contribution in [0.5, 0.6) is 11.5 Å². The van der Waals surface area contributed by atoms with Gasteiger partial charge in [-0.25, -0.2) is 4.98 Å². The fourth-order valence-electron chi connectivity index (χ4n) is 7.50. The highest BCUT2D eigenvalue weighted by Gasteiger charge is 2.27. The largest absolute Gasteiger partial charge is 0.457 e. The molecule has 0 amide bonds. The summed E-state index contributed by atoms with van der Waals surface area (Å²) in [5.41, 5.74) is 9.25.